The lowest BCUT2D eigenvalue weighted by molar-refractivity contribution is -0.126. The normalized spacial score (nSPS) is 15.7. The number of nitrogens with one attached hydrogen (secondary N) is 1. The summed E-state index contributed by atoms with van der Waals surface area (Å²) in [7, 11) is -1.39. The quantitative estimate of drug-likeness (QED) is 0.528. The summed E-state index contributed by atoms with van der Waals surface area (Å²) in [5, 5.41) is 2.87. The summed E-state index contributed by atoms with van der Waals surface area (Å²) in [6, 6.07) is 10.8. The Hall–Kier alpha value is -2.67. The Morgan fingerprint density at radius 1 is 0.943 bits per heavy atom. The molecule has 0 radical (unpaired) electrons. The lowest BCUT2D eigenvalue weighted by atomic mass is 9.97. The van der Waals surface area contributed by atoms with E-state index in [4.69, 9.17) is 9.47 Å². The van der Waals surface area contributed by atoms with Crippen LogP contribution >= 0.6 is 0 Å². The van der Waals surface area contributed by atoms with Gasteiger partial charge in [0.2, 0.25) is 26.0 Å². The van der Waals surface area contributed by atoms with Crippen LogP contribution in [0.15, 0.2) is 52.3 Å². The topological polar surface area (TPSA) is 122 Å². The standard InChI is InChI=1S/C23H31N3O7S2/c1-25(2)34(28,29)19-7-5-17(6-8-19)16-24-23(27)18-11-13-26(14-12-18)35(30,31)20-9-10-21(32-3)22(15-20)33-4/h5-10,15,18H,11-14,16H2,1-4H3,(H,24,27). The summed E-state index contributed by atoms with van der Waals surface area (Å²) in [6.07, 6.45) is 0.802. The average Bonchev–Trinajstić information content (AvgIpc) is 2.86. The van der Waals surface area contributed by atoms with E-state index in [1.54, 1.807) is 18.2 Å². The van der Waals surface area contributed by atoms with Crippen LogP contribution in [0.3, 0.4) is 0 Å². The molecule has 10 nitrogen and oxygen atoms in total. The van der Waals surface area contributed by atoms with Crippen LogP contribution in [0, 0.1) is 5.92 Å². The maximum absolute atomic E-state index is 13.1. The van der Waals surface area contributed by atoms with Gasteiger partial charge in [0.05, 0.1) is 24.0 Å². The van der Waals surface area contributed by atoms with Crippen molar-refractivity contribution < 1.29 is 31.1 Å². The Labute approximate surface area is 206 Å². The number of ether oxygens (including phenoxy) is 2. The lowest BCUT2D eigenvalue weighted by Gasteiger charge is -2.30. The molecule has 0 atom stereocenters. The summed E-state index contributed by atoms with van der Waals surface area (Å²) >= 11 is 0. The molecule has 0 aromatic heterocycles. The molecule has 12 heteroatoms. The minimum Gasteiger partial charge on any atom is -0.493 e. The third-order valence-electron chi connectivity index (χ3n) is 5.99. The molecule has 3 rings (SSSR count). The number of methoxy groups -OCH3 is 2. The zero-order valence-corrected chi connectivity index (χ0v) is 21.9. The van der Waals surface area contributed by atoms with Crippen LogP contribution in [0.5, 0.6) is 11.5 Å². The van der Waals surface area contributed by atoms with E-state index < -0.39 is 20.0 Å². The molecule has 1 saturated heterocycles. The summed E-state index contributed by atoms with van der Waals surface area (Å²) in [6.45, 7) is 0.711. The first-order chi connectivity index (χ1) is 16.5. The van der Waals surface area contributed by atoms with Gasteiger partial charge < -0.3 is 14.8 Å². The molecular formula is C23H31N3O7S2. The van der Waals surface area contributed by atoms with E-state index in [0.717, 1.165) is 9.87 Å². The van der Waals surface area contributed by atoms with Crippen LogP contribution in [-0.4, -0.2) is 72.8 Å². The molecule has 2 aromatic rings. The van der Waals surface area contributed by atoms with Gasteiger partial charge in [-0.2, -0.15) is 4.31 Å². The summed E-state index contributed by atoms with van der Waals surface area (Å²) in [5.41, 5.74) is 0.768. The molecule has 1 N–H and O–H groups in total. The second-order valence-electron chi connectivity index (χ2n) is 8.34. The van der Waals surface area contributed by atoms with E-state index in [2.05, 4.69) is 5.32 Å². The fraction of sp³-hybridized carbons (Fsp3) is 0.435. The molecule has 0 saturated carbocycles. The minimum absolute atomic E-state index is 0.109. The van der Waals surface area contributed by atoms with Crippen LogP contribution in [-0.2, 0) is 31.4 Å². The molecule has 1 aliphatic heterocycles. The van der Waals surface area contributed by atoms with Gasteiger partial charge >= 0.3 is 0 Å². The molecule has 192 valence electrons. The van der Waals surface area contributed by atoms with Gasteiger partial charge in [0.25, 0.3) is 0 Å². The van der Waals surface area contributed by atoms with Crippen LogP contribution in [0.25, 0.3) is 0 Å². The van der Waals surface area contributed by atoms with E-state index in [-0.39, 0.29) is 41.3 Å². The number of benzene rings is 2. The number of hydrogen-bond donors (Lipinski definition) is 1. The zero-order chi connectivity index (χ0) is 25.8. The highest BCUT2D eigenvalue weighted by atomic mass is 32.2. The molecule has 1 amide bonds. The number of carbonyl (C=O) groups excluding carboxylic acids is 1. The minimum atomic E-state index is -3.73. The third kappa shape index (κ3) is 5.95. The SMILES string of the molecule is COc1ccc(S(=O)(=O)N2CCC(C(=O)NCc3ccc(S(=O)(=O)N(C)C)cc3)CC2)cc1OC. The van der Waals surface area contributed by atoms with Crippen molar-refractivity contribution in [1.82, 2.24) is 13.9 Å². The number of piperidine rings is 1. The Balaban J connectivity index is 1.56. The number of nitrogens with zero attached hydrogens (tertiary/aromatic N) is 2. The maximum Gasteiger partial charge on any atom is 0.243 e. The predicted octanol–water partition coefficient (Wildman–Crippen LogP) is 1.67. The highest BCUT2D eigenvalue weighted by molar-refractivity contribution is 7.89. The van der Waals surface area contributed by atoms with Gasteiger partial charge in [0.1, 0.15) is 0 Å². The van der Waals surface area contributed by atoms with Gasteiger partial charge in [-0.3, -0.25) is 4.79 Å². The summed E-state index contributed by atoms with van der Waals surface area (Å²) < 4.78 is 63.4. The average molecular weight is 526 g/mol. The van der Waals surface area contributed by atoms with Crippen molar-refractivity contribution in [1.29, 1.82) is 0 Å². The molecule has 0 bridgehead atoms. The van der Waals surface area contributed by atoms with E-state index >= 15 is 0 Å². The Morgan fingerprint density at radius 2 is 1.51 bits per heavy atom. The van der Waals surface area contributed by atoms with Gasteiger partial charge in [0, 0.05) is 45.7 Å². The second-order valence-corrected chi connectivity index (χ2v) is 12.4. The lowest BCUT2D eigenvalue weighted by Crippen LogP contribution is -2.42. The van der Waals surface area contributed by atoms with Crippen molar-refractivity contribution in [2.75, 3.05) is 41.4 Å². The fourth-order valence-corrected chi connectivity index (χ4v) is 6.20. The number of hydrogen-bond acceptors (Lipinski definition) is 7. The molecule has 0 spiro atoms. The van der Waals surface area contributed by atoms with Crippen molar-refractivity contribution in [3.8, 4) is 11.5 Å². The Bertz CT molecular complexity index is 1250. The number of amides is 1. The van der Waals surface area contributed by atoms with E-state index in [1.807, 2.05) is 0 Å². The van der Waals surface area contributed by atoms with Crippen LogP contribution in [0.4, 0.5) is 0 Å². The molecular weight excluding hydrogens is 494 g/mol. The van der Waals surface area contributed by atoms with E-state index in [0.29, 0.717) is 24.3 Å². The number of carbonyl (C=O) groups is 1. The third-order valence-corrected chi connectivity index (χ3v) is 9.71. The first kappa shape index (κ1) is 26.9. The van der Waals surface area contributed by atoms with Crippen LogP contribution < -0.4 is 14.8 Å². The van der Waals surface area contributed by atoms with Crippen molar-refractivity contribution in [3.05, 3.63) is 48.0 Å². The first-order valence-corrected chi connectivity index (χ1v) is 13.9. The van der Waals surface area contributed by atoms with E-state index in [1.165, 1.54) is 56.9 Å². The molecule has 1 heterocycles. The van der Waals surface area contributed by atoms with Crippen molar-refractivity contribution >= 4 is 26.0 Å². The highest BCUT2D eigenvalue weighted by Crippen LogP contribution is 2.32. The fourth-order valence-electron chi connectivity index (χ4n) is 3.81. The van der Waals surface area contributed by atoms with Gasteiger partial charge in [-0.1, -0.05) is 12.1 Å². The van der Waals surface area contributed by atoms with Crippen molar-refractivity contribution in [2.24, 2.45) is 5.92 Å². The smallest absolute Gasteiger partial charge is 0.243 e. The highest BCUT2D eigenvalue weighted by Gasteiger charge is 2.32. The zero-order valence-electron chi connectivity index (χ0n) is 20.2. The Morgan fingerprint density at radius 3 is 2.06 bits per heavy atom. The molecule has 2 aromatic carbocycles. The molecule has 1 aliphatic rings. The predicted molar refractivity (Wildman–Crippen MR) is 130 cm³/mol. The molecule has 0 aliphatic carbocycles. The van der Waals surface area contributed by atoms with E-state index in [9.17, 15) is 21.6 Å². The maximum atomic E-state index is 13.1. The van der Waals surface area contributed by atoms with Crippen LogP contribution in [0.1, 0.15) is 18.4 Å². The summed E-state index contributed by atoms with van der Waals surface area (Å²) in [4.78, 5) is 12.9. The first-order valence-electron chi connectivity index (χ1n) is 11.0. The van der Waals surface area contributed by atoms with Crippen LogP contribution in [0.2, 0.25) is 0 Å². The molecule has 0 unspecified atom stereocenters. The second kappa shape index (κ2) is 10.9. The monoisotopic (exact) mass is 525 g/mol. The largest absolute Gasteiger partial charge is 0.493 e. The van der Waals surface area contributed by atoms with Crippen molar-refractivity contribution in [3.63, 3.8) is 0 Å². The van der Waals surface area contributed by atoms with Gasteiger partial charge in [-0.15, -0.1) is 0 Å². The molecule has 1 fully saturated rings. The Kier molecular flexibility index (Phi) is 8.42. The number of rotatable bonds is 9. The van der Waals surface area contributed by atoms with Gasteiger partial charge in [-0.05, 0) is 42.7 Å². The summed E-state index contributed by atoms with van der Waals surface area (Å²) in [5.74, 6) is 0.310. The van der Waals surface area contributed by atoms with Gasteiger partial charge in [-0.25, -0.2) is 21.1 Å². The van der Waals surface area contributed by atoms with Crippen molar-refractivity contribution in [2.45, 2.75) is 29.2 Å². The molecule has 35 heavy (non-hydrogen) atoms. The van der Waals surface area contributed by atoms with Gasteiger partial charge in [0.15, 0.2) is 11.5 Å². The number of sulfonamides is 2.